The Morgan fingerprint density at radius 3 is 2.79 bits per heavy atom. The van der Waals surface area contributed by atoms with Crippen LogP contribution in [0.3, 0.4) is 0 Å². The maximum Gasteiger partial charge on any atom is 0.346 e. The van der Waals surface area contributed by atoms with Gasteiger partial charge < -0.3 is 10.3 Å². The van der Waals surface area contributed by atoms with E-state index in [2.05, 4.69) is 15.3 Å². The third-order valence-electron chi connectivity index (χ3n) is 2.24. The third-order valence-corrected chi connectivity index (χ3v) is 3.50. The quantitative estimate of drug-likeness (QED) is 0.913. The van der Waals surface area contributed by atoms with Gasteiger partial charge in [-0.3, -0.25) is 4.79 Å². The number of aromatic amines is 1. The van der Waals surface area contributed by atoms with Crippen molar-refractivity contribution in [2.24, 2.45) is 0 Å². The molecule has 2 heterocycles. The van der Waals surface area contributed by atoms with Crippen LogP contribution in [0.5, 0.6) is 0 Å². The Morgan fingerprint density at radius 2 is 2.21 bits per heavy atom. The van der Waals surface area contributed by atoms with Crippen LogP contribution in [0.1, 0.15) is 24.3 Å². The number of carbonyl (C=O) groups is 1. The molecule has 7 heteroatoms. The lowest BCUT2D eigenvalue weighted by molar-refractivity contribution is 0.0937. The fraction of sp³-hybridized carbons (Fsp3) is 0.250. The summed E-state index contributed by atoms with van der Waals surface area (Å²) in [4.78, 5) is 30.4. The van der Waals surface area contributed by atoms with E-state index in [1.54, 1.807) is 18.2 Å². The first-order chi connectivity index (χ1) is 8.95. The molecule has 0 saturated heterocycles. The van der Waals surface area contributed by atoms with Crippen molar-refractivity contribution in [2.75, 3.05) is 0 Å². The predicted molar refractivity (Wildman–Crippen MR) is 75.8 cm³/mol. The SMILES string of the molecule is CC(C)NC(=O)c1cc(-c2ccc(Cl)s2)[nH]c(=O)n1. The molecule has 0 aromatic carbocycles. The van der Waals surface area contributed by atoms with Gasteiger partial charge in [0.25, 0.3) is 5.91 Å². The van der Waals surface area contributed by atoms with Gasteiger partial charge in [0.05, 0.1) is 14.9 Å². The van der Waals surface area contributed by atoms with E-state index < -0.39 is 5.69 Å². The molecule has 0 fully saturated rings. The van der Waals surface area contributed by atoms with E-state index in [1.807, 2.05) is 13.8 Å². The Labute approximate surface area is 118 Å². The lowest BCUT2D eigenvalue weighted by atomic mass is 10.2. The minimum Gasteiger partial charge on any atom is -0.349 e. The second kappa shape index (κ2) is 5.54. The smallest absolute Gasteiger partial charge is 0.346 e. The highest BCUT2D eigenvalue weighted by atomic mass is 35.5. The molecule has 1 amide bonds. The zero-order valence-corrected chi connectivity index (χ0v) is 11.9. The topological polar surface area (TPSA) is 74.8 Å². The highest BCUT2D eigenvalue weighted by Gasteiger charge is 2.12. The maximum atomic E-state index is 11.8. The van der Waals surface area contributed by atoms with Gasteiger partial charge in [-0.15, -0.1) is 11.3 Å². The summed E-state index contributed by atoms with van der Waals surface area (Å²) in [6, 6.07) is 5.03. The molecule has 0 atom stereocenters. The number of carbonyl (C=O) groups excluding carboxylic acids is 1. The summed E-state index contributed by atoms with van der Waals surface area (Å²) < 4.78 is 0.612. The predicted octanol–water partition coefficient (Wildman–Crippen LogP) is 2.29. The molecule has 0 bridgehead atoms. The van der Waals surface area contributed by atoms with Crippen molar-refractivity contribution in [1.82, 2.24) is 15.3 Å². The number of amides is 1. The number of halogens is 1. The summed E-state index contributed by atoms with van der Waals surface area (Å²) in [6.45, 7) is 3.68. The molecule has 100 valence electrons. The molecule has 0 saturated carbocycles. The van der Waals surface area contributed by atoms with E-state index in [0.29, 0.717) is 10.0 Å². The Kier molecular flexibility index (Phi) is 4.01. The third kappa shape index (κ3) is 3.42. The number of rotatable bonds is 3. The van der Waals surface area contributed by atoms with Crippen molar-refractivity contribution >= 4 is 28.8 Å². The average Bonchev–Trinajstić information content (AvgIpc) is 2.74. The minimum atomic E-state index is -0.559. The molecule has 2 aromatic rings. The molecule has 2 aromatic heterocycles. The monoisotopic (exact) mass is 297 g/mol. The first kappa shape index (κ1) is 13.8. The standard InChI is InChI=1S/C12H12ClN3O2S/c1-6(2)14-11(17)8-5-7(15-12(18)16-8)9-3-4-10(13)19-9/h3-6H,1-2H3,(H,14,17)(H,15,16,18). The number of nitrogens with one attached hydrogen (secondary N) is 2. The number of hydrogen-bond donors (Lipinski definition) is 2. The normalized spacial score (nSPS) is 10.7. The van der Waals surface area contributed by atoms with Crippen LogP contribution in [0, 0.1) is 0 Å². The Bertz CT molecular complexity index is 663. The Balaban J connectivity index is 2.40. The van der Waals surface area contributed by atoms with Crippen molar-refractivity contribution in [2.45, 2.75) is 19.9 Å². The van der Waals surface area contributed by atoms with Gasteiger partial charge in [0.15, 0.2) is 0 Å². The molecule has 0 aliphatic rings. The number of thiophene rings is 1. The van der Waals surface area contributed by atoms with Crippen molar-refractivity contribution in [3.05, 3.63) is 38.7 Å². The lowest BCUT2D eigenvalue weighted by Crippen LogP contribution is -2.32. The van der Waals surface area contributed by atoms with E-state index in [4.69, 9.17) is 11.6 Å². The summed E-state index contributed by atoms with van der Waals surface area (Å²) in [7, 11) is 0. The van der Waals surface area contributed by atoms with E-state index in [9.17, 15) is 9.59 Å². The minimum absolute atomic E-state index is 0.0202. The van der Waals surface area contributed by atoms with Gasteiger partial charge in [-0.25, -0.2) is 4.79 Å². The number of aromatic nitrogens is 2. The van der Waals surface area contributed by atoms with Crippen LogP contribution in [-0.4, -0.2) is 21.9 Å². The molecule has 19 heavy (non-hydrogen) atoms. The lowest BCUT2D eigenvalue weighted by Gasteiger charge is -2.07. The Morgan fingerprint density at radius 1 is 1.47 bits per heavy atom. The summed E-state index contributed by atoms with van der Waals surface area (Å²) in [5.41, 5.74) is 0.0682. The molecule has 0 aliphatic carbocycles. The maximum absolute atomic E-state index is 11.8. The van der Waals surface area contributed by atoms with E-state index in [-0.39, 0.29) is 17.6 Å². The molecular weight excluding hydrogens is 286 g/mol. The van der Waals surface area contributed by atoms with Crippen LogP contribution in [0.2, 0.25) is 4.34 Å². The van der Waals surface area contributed by atoms with Crippen LogP contribution in [0.15, 0.2) is 23.0 Å². The average molecular weight is 298 g/mol. The summed E-state index contributed by atoms with van der Waals surface area (Å²) >= 11 is 7.17. The van der Waals surface area contributed by atoms with Crippen LogP contribution < -0.4 is 11.0 Å². The van der Waals surface area contributed by atoms with Crippen molar-refractivity contribution < 1.29 is 4.79 Å². The Hall–Kier alpha value is -1.66. The molecule has 0 aliphatic heterocycles. The number of nitrogens with zero attached hydrogens (tertiary/aromatic N) is 1. The van der Waals surface area contributed by atoms with Crippen molar-refractivity contribution in [1.29, 1.82) is 0 Å². The van der Waals surface area contributed by atoms with E-state index in [0.717, 1.165) is 4.88 Å². The van der Waals surface area contributed by atoms with E-state index in [1.165, 1.54) is 11.3 Å². The fourth-order valence-corrected chi connectivity index (χ4v) is 2.52. The van der Waals surface area contributed by atoms with Gasteiger partial charge in [0.2, 0.25) is 0 Å². The van der Waals surface area contributed by atoms with Crippen molar-refractivity contribution in [3.63, 3.8) is 0 Å². The van der Waals surface area contributed by atoms with Gasteiger partial charge in [0.1, 0.15) is 5.69 Å². The first-order valence-electron chi connectivity index (χ1n) is 5.63. The largest absolute Gasteiger partial charge is 0.349 e. The molecule has 0 spiro atoms. The summed E-state index contributed by atoms with van der Waals surface area (Å²) in [5, 5.41) is 2.69. The number of H-pyrrole nitrogens is 1. The molecular formula is C12H12ClN3O2S. The summed E-state index contributed by atoms with van der Waals surface area (Å²) in [5.74, 6) is -0.370. The van der Waals surface area contributed by atoms with Gasteiger partial charge >= 0.3 is 5.69 Å². The van der Waals surface area contributed by atoms with E-state index >= 15 is 0 Å². The van der Waals surface area contributed by atoms with Crippen LogP contribution in [0.4, 0.5) is 0 Å². The molecule has 2 N–H and O–H groups in total. The highest BCUT2D eigenvalue weighted by Crippen LogP contribution is 2.29. The van der Waals surface area contributed by atoms with Gasteiger partial charge in [-0.2, -0.15) is 4.98 Å². The molecule has 0 unspecified atom stereocenters. The molecule has 0 radical (unpaired) electrons. The van der Waals surface area contributed by atoms with Crippen molar-refractivity contribution in [3.8, 4) is 10.6 Å². The van der Waals surface area contributed by atoms with Gasteiger partial charge in [-0.05, 0) is 32.0 Å². The second-order valence-electron chi connectivity index (χ2n) is 4.22. The van der Waals surface area contributed by atoms with Gasteiger partial charge in [0, 0.05) is 6.04 Å². The second-order valence-corrected chi connectivity index (χ2v) is 5.93. The number of hydrogen-bond acceptors (Lipinski definition) is 4. The molecule has 5 nitrogen and oxygen atoms in total. The fourth-order valence-electron chi connectivity index (χ4n) is 1.50. The first-order valence-corrected chi connectivity index (χ1v) is 6.83. The zero-order valence-electron chi connectivity index (χ0n) is 10.4. The van der Waals surface area contributed by atoms with Crippen LogP contribution in [-0.2, 0) is 0 Å². The van der Waals surface area contributed by atoms with Crippen LogP contribution in [0.25, 0.3) is 10.6 Å². The highest BCUT2D eigenvalue weighted by molar-refractivity contribution is 7.19. The van der Waals surface area contributed by atoms with Crippen LogP contribution >= 0.6 is 22.9 Å². The summed E-state index contributed by atoms with van der Waals surface area (Å²) in [6.07, 6.45) is 0. The van der Waals surface area contributed by atoms with Gasteiger partial charge in [-0.1, -0.05) is 11.6 Å². The molecule has 2 rings (SSSR count). The zero-order chi connectivity index (χ0) is 14.0.